The van der Waals surface area contributed by atoms with Crippen LogP contribution in [0.3, 0.4) is 0 Å². The summed E-state index contributed by atoms with van der Waals surface area (Å²) in [5.41, 5.74) is 8.96. The van der Waals surface area contributed by atoms with E-state index in [1.54, 1.807) is 16.8 Å². The molecule has 3 aromatic heterocycles. The van der Waals surface area contributed by atoms with E-state index in [1.165, 1.54) is 12.8 Å². The molecule has 0 saturated heterocycles. The summed E-state index contributed by atoms with van der Waals surface area (Å²) >= 11 is 0. The topological polar surface area (TPSA) is 138 Å². The Kier molecular flexibility index (Phi) is 12.1. The third kappa shape index (κ3) is 8.68. The molecule has 2 fully saturated rings. The molecule has 5 rings (SSSR count). The van der Waals surface area contributed by atoms with Crippen molar-refractivity contribution in [3.8, 4) is 11.1 Å². The highest BCUT2D eigenvalue weighted by Gasteiger charge is 2.45. The van der Waals surface area contributed by atoms with Crippen molar-refractivity contribution in [2.24, 2.45) is 23.5 Å². The maximum Gasteiger partial charge on any atom is 0.254 e. The molecule has 10 nitrogen and oxygen atoms in total. The number of halogens is 1. The minimum Gasteiger partial charge on any atom is -0.365 e. The number of carbonyl (C=O) groups is 2. The summed E-state index contributed by atoms with van der Waals surface area (Å²) in [4.78, 5) is 31.6. The van der Waals surface area contributed by atoms with Crippen LogP contribution in [0, 0.1) is 37.5 Å². The first-order valence-corrected chi connectivity index (χ1v) is 22.0. The van der Waals surface area contributed by atoms with Crippen LogP contribution in [0.25, 0.3) is 11.1 Å². The Bertz CT molecular complexity index is 1580. The monoisotopic (exact) mass is 694 g/mol. The number of anilines is 1. The highest BCUT2D eigenvalue weighted by Crippen LogP contribution is 2.48. The Morgan fingerprint density at radius 2 is 1.69 bits per heavy atom. The van der Waals surface area contributed by atoms with E-state index >= 15 is 4.39 Å². The largest absolute Gasteiger partial charge is 0.365 e. The minimum absolute atomic E-state index is 0.0652. The standard InChI is InChI=1S/C37H55FN6O4Si/c1-7-28-32(36(39)45)34(48-43-28)33(31(25-14-10-8-11-15-25)26-16-12-9-13-17-26)37(46)41-29-19-18-27(35(38)40-29)30-23(2)42-44(24(30)3)22-47-20-21-49(4,5)6/h18-19,25-26,31,33H,7-17,20-22H2,1-6H3,(H2,39,45)(H,40,41,46)/t33-/m0/s1. The predicted molar refractivity (Wildman–Crippen MR) is 191 cm³/mol. The number of aromatic nitrogens is 4. The van der Waals surface area contributed by atoms with Crippen molar-refractivity contribution in [3.05, 3.63) is 46.5 Å². The van der Waals surface area contributed by atoms with Crippen molar-refractivity contribution in [1.29, 1.82) is 0 Å². The zero-order valence-electron chi connectivity index (χ0n) is 30.2. The Hall–Kier alpha value is -3.38. The van der Waals surface area contributed by atoms with Gasteiger partial charge in [-0.2, -0.15) is 9.49 Å². The molecule has 2 aliphatic carbocycles. The SMILES string of the molecule is CCc1noc([C@@H](C(=O)Nc2ccc(-c3c(C)nn(COCC[Si](C)(C)C)c3C)c(F)n2)C(C2CCCCC2)C2CCCCC2)c1C(N)=O. The van der Waals surface area contributed by atoms with E-state index in [9.17, 15) is 9.59 Å². The molecule has 12 heteroatoms. The van der Waals surface area contributed by atoms with Crippen molar-refractivity contribution in [1.82, 2.24) is 19.9 Å². The number of amides is 2. The Morgan fingerprint density at radius 1 is 1.06 bits per heavy atom. The molecule has 268 valence electrons. The molecule has 1 atom stereocenters. The Labute approximate surface area is 291 Å². The maximum atomic E-state index is 15.9. The molecule has 0 radical (unpaired) electrons. The van der Waals surface area contributed by atoms with Gasteiger partial charge >= 0.3 is 0 Å². The number of primary amides is 1. The molecule has 3 aromatic rings. The Morgan fingerprint density at radius 3 is 2.24 bits per heavy atom. The van der Waals surface area contributed by atoms with Crippen LogP contribution in [0.4, 0.5) is 10.2 Å². The summed E-state index contributed by atoms with van der Waals surface area (Å²) in [6.45, 7) is 13.5. The lowest BCUT2D eigenvalue weighted by Crippen LogP contribution is -2.39. The zero-order valence-corrected chi connectivity index (χ0v) is 31.2. The van der Waals surface area contributed by atoms with Gasteiger partial charge in [0.25, 0.3) is 5.91 Å². The second-order valence-electron chi connectivity index (χ2n) is 15.4. The third-order valence-electron chi connectivity index (χ3n) is 10.7. The lowest BCUT2D eigenvalue weighted by molar-refractivity contribution is -0.121. The second-order valence-corrected chi connectivity index (χ2v) is 21.0. The molecule has 0 bridgehead atoms. The van der Waals surface area contributed by atoms with E-state index in [1.807, 2.05) is 20.8 Å². The molecule has 2 aliphatic rings. The number of nitrogens with one attached hydrogen (secondary N) is 1. The van der Waals surface area contributed by atoms with Gasteiger partial charge in [-0.25, -0.2) is 9.67 Å². The van der Waals surface area contributed by atoms with Gasteiger partial charge in [0.2, 0.25) is 11.9 Å². The molecule has 0 unspecified atom stereocenters. The van der Waals surface area contributed by atoms with Crippen molar-refractivity contribution in [2.75, 3.05) is 11.9 Å². The fraction of sp³-hybridized carbons (Fsp3) is 0.649. The van der Waals surface area contributed by atoms with Crippen molar-refractivity contribution >= 4 is 25.7 Å². The van der Waals surface area contributed by atoms with Crippen LogP contribution in [0.15, 0.2) is 16.7 Å². The van der Waals surface area contributed by atoms with Crippen LogP contribution in [0.5, 0.6) is 0 Å². The second kappa shape index (κ2) is 16.1. The molecule has 0 spiro atoms. The summed E-state index contributed by atoms with van der Waals surface area (Å²) in [6.07, 6.45) is 11.3. The van der Waals surface area contributed by atoms with Crippen LogP contribution < -0.4 is 11.1 Å². The highest BCUT2D eigenvalue weighted by atomic mass is 28.3. The van der Waals surface area contributed by atoms with Gasteiger partial charge in [0.05, 0.1) is 11.4 Å². The van der Waals surface area contributed by atoms with Gasteiger partial charge in [-0.1, -0.05) is 95.9 Å². The minimum atomic E-state index is -1.22. The van der Waals surface area contributed by atoms with E-state index < -0.39 is 25.8 Å². The number of aryl methyl sites for hydroxylation is 2. The van der Waals surface area contributed by atoms with Crippen LogP contribution in [0.1, 0.15) is 110 Å². The number of carbonyl (C=O) groups excluding carboxylic acids is 2. The molecule has 49 heavy (non-hydrogen) atoms. The summed E-state index contributed by atoms with van der Waals surface area (Å²) in [6, 6.07) is 4.31. The van der Waals surface area contributed by atoms with Crippen LogP contribution in [-0.4, -0.2) is 46.4 Å². The van der Waals surface area contributed by atoms with Gasteiger partial charge in [-0.05, 0) is 56.2 Å². The lowest BCUT2D eigenvalue weighted by Gasteiger charge is -2.41. The number of hydrogen-bond donors (Lipinski definition) is 2. The van der Waals surface area contributed by atoms with Crippen molar-refractivity contribution in [3.63, 3.8) is 0 Å². The van der Waals surface area contributed by atoms with Gasteiger partial charge in [-0.3, -0.25) is 9.59 Å². The molecule has 3 heterocycles. The summed E-state index contributed by atoms with van der Waals surface area (Å²) in [5.74, 6) is -1.71. The summed E-state index contributed by atoms with van der Waals surface area (Å²) in [7, 11) is -1.22. The highest BCUT2D eigenvalue weighted by molar-refractivity contribution is 6.76. The van der Waals surface area contributed by atoms with E-state index in [-0.39, 0.29) is 40.8 Å². The molecule has 3 N–H and O–H groups in total. The van der Waals surface area contributed by atoms with E-state index in [0.29, 0.717) is 42.3 Å². The number of ether oxygens (including phenoxy) is 1. The molecule has 0 aromatic carbocycles. The number of rotatable bonds is 14. The fourth-order valence-electron chi connectivity index (χ4n) is 8.13. The number of hydrogen-bond acceptors (Lipinski definition) is 7. The first-order valence-electron chi connectivity index (χ1n) is 18.3. The van der Waals surface area contributed by atoms with Crippen molar-refractivity contribution in [2.45, 2.75) is 130 Å². The average Bonchev–Trinajstić information content (AvgIpc) is 3.62. The van der Waals surface area contributed by atoms with Crippen LogP contribution in [0.2, 0.25) is 25.7 Å². The normalized spacial score (nSPS) is 17.1. The molecular weight excluding hydrogens is 640 g/mol. The molecule has 0 aliphatic heterocycles. The lowest BCUT2D eigenvalue weighted by atomic mass is 9.63. The van der Waals surface area contributed by atoms with Crippen molar-refractivity contribution < 1.29 is 23.2 Å². The molecule has 2 saturated carbocycles. The third-order valence-corrected chi connectivity index (χ3v) is 12.4. The van der Waals surface area contributed by atoms with Gasteiger partial charge in [-0.15, -0.1) is 0 Å². The first-order chi connectivity index (χ1) is 23.4. The average molecular weight is 695 g/mol. The first kappa shape index (κ1) is 36.9. The predicted octanol–water partition coefficient (Wildman–Crippen LogP) is 8.16. The van der Waals surface area contributed by atoms with Gasteiger partial charge in [0.1, 0.15) is 24.0 Å². The maximum absolute atomic E-state index is 15.9. The molecular formula is C37H55FN6O4Si. The smallest absolute Gasteiger partial charge is 0.254 e. The van der Waals surface area contributed by atoms with E-state index in [0.717, 1.165) is 63.1 Å². The quantitative estimate of drug-likeness (QED) is 0.0986. The number of pyridine rings is 1. The summed E-state index contributed by atoms with van der Waals surface area (Å²) < 4.78 is 29.4. The van der Waals surface area contributed by atoms with Gasteiger partial charge in [0.15, 0.2) is 5.76 Å². The summed E-state index contributed by atoms with van der Waals surface area (Å²) in [5, 5.41) is 11.7. The Balaban J connectivity index is 1.45. The van der Waals surface area contributed by atoms with Gasteiger partial charge < -0.3 is 20.3 Å². The number of nitrogens with two attached hydrogens (primary N) is 1. The fourth-order valence-corrected chi connectivity index (χ4v) is 8.88. The van der Waals surface area contributed by atoms with Gasteiger partial charge in [0, 0.05) is 31.5 Å². The molecule has 2 amide bonds. The van der Waals surface area contributed by atoms with E-state index in [2.05, 4.69) is 40.2 Å². The van der Waals surface area contributed by atoms with E-state index in [4.69, 9.17) is 15.0 Å². The van der Waals surface area contributed by atoms with Crippen LogP contribution in [-0.2, 0) is 22.7 Å². The zero-order chi connectivity index (χ0) is 35.3. The van der Waals surface area contributed by atoms with Crippen LogP contribution >= 0.6 is 0 Å². The number of nitrogens with zero attached hydrogens (tertiary/aromatic N) is 4.